The Labute approximate surface area is 156 Å². The van der Waals surface area contributed by atoms with Crippen LogP contribution in [0.2, 0.25) is 0 Å². The average molecular weight is 344 g/mol. The molecule has 0 saturated heterocycles. The summed E-state index contributed by atoms with van der Waals surface area (Å²) < 4.78 is 0. The van der Waals surface area contributed by atoms with Crippen LogP contribution < -0.4 is 9.80 Å². The molecule has 4 nitrogen and oxygen atoms in total. The van der Waals surface area contributed by atoms with Crippen molar-refractivity contribution in [2.45, 2.75) is 47.7 Å². The summed E-state index contributed by atoms with van der Waals surface area (Å²) in [6, 6.07) is 3.73. The molecule has 0 unspecified atom stereocenters. The SMILES string of the molecule is [C-]#[N+]c1ccc2c(c1[N+]#[C-])N(c1c(C)c(C)c(C)c(C)c1C)[C@@H](C)N2C. The lowest BCUT2D eigenvalue weighted by Crippen LogP contribution is -2.36. The first-order valence-electron chi connectivity index (χ1n) is 8.77. The zero-order valence-electron chi connectivity index (χ0n) is 16.5. The topological polar surface area (TPSA) is 15.2 Å². The van der Waals surface area contributed by atoms with Crippen molar-refractivity contribution in [3.8, 4) is 0 Å². The van der Waals surface area contributed by atoms with Gasteiger partial charge in [0.05, 0.1) is 18.8 Å². The van der Waals surface area contributed by atoms with E-state index in [2.05, 4.69) is 61.0 Å². The predicted molar refractivity (Wildman–Crippen MR) is 109 cm³/mol. The molecule has 0 spiro atoms. The van der Waals surface area contributed by atoms with Crippen molar-refractivity contribution in [3.63, 3.8) is 0 Å². The molecule has 1 aliphatic heterocycles. The van der Waals surface area contributed by atoms with Crippen molar-refractivity contribution in [2.24, 2.45) is 0 Å². The molecule has 0 bridgehead atoms. The van der Waals surface area contributed by atoms with Crippen LogP contribution in [0.3, 0.4) is 0 Å². The van der Waals surface area contributed by atoms with Crippen LogP contribution in [0, 0.1) is 47.8 Å². The molecule has 0 amide bonds. The minimum atomic E-state index is 0.0744. The molecular weight excluding hydrogens is 320 g/mol. The van der Waals surface area contributed by atoms with E-state index in [-0.39, 0.29) is 6.17 Å². The summed E-state index contributed by atoms with van der Waals surface area (Å²) in [7, 11) is 2.05. The number of fused-ring (bicyclic) bond motifs is 1. The van der Waals surface area contributed by atoms with Gasteiger partial charge in [-0.3, -0.25) is 4.85 Å². The second-order valence-electron chi connectivity index (χ2n) is 7.11. The first kappa shape index (κ1) is 17.8. The third-order valence-electron chi connectivity index (χ3n) is 6.10. The van der Waals surface area contributed by atoms with E-state index in [9.17, 15) is 0 Å². The van der Waals surface area contributed by atoms with Crippen LogP contribution >= 0.6 is 0 Å². The van der Waals surface area contributed by atoms with Crippen LogP contribution in [0.15, 0.2) is 12.1 Å². The van der Waals surface area contributed by atoms with Gasteiger partial charge in [-0.2, -0.15) is 0 Å². The van der Waals surface area contributed by atoms with Gasteiger partial charge in [0.2, 0.25) is 5.69 Å². The Morgan fingerprint density at radius 1 is 0.808 bits per heavy atom. The highest BCUT2D eigenvalue weighted by atomic mass is 15.4. The maximum atomic E-state index is 7.70. The van der Waals surface area contributed by atoms with Gasteiger partial charge in [-0.15, -0.1) is 0 Å². The molecule has 2 aromatic carbocycles. The van der Waals surface area contributed by atoms with Gasteiger partial charge >= 0.3 is 0 Å². The Balaban J connectivity index is 2.42. The van der Waals surface area contributed by atoms with E-state index in [0.29, 0.717) is 11.4 Å². The van der Waals surface area contributed by atoms with Crippen molar-refractivity contribution in [1.82, 2.24) is 0 Å². The van der Waals surface area contributed by atoms with Crippen LogP contribution in [-0.4, -0.2) is 13.2 Å². The highest BCUT2D eigenvalue weighted by Gasteiger charge is 2.36. The molecule has 0 radical (unpaired) electrons. The quantitative estimate of drug-likeness (QED) is 0.567. The summed E-state index contributed by atoms with van der Waals surface area (Å²) >= 11 is 0. The molecule has 132 valence electrons. The summed E-state index contributed by atoms with van der Waals surface area (Å²) in [5.41, 5.74) is 10.3. The largest absolute Gasteiger partial charge is 0.354 e. The van der Waals surface area contributed by atoms with E-state index in [1.807, 2.05) is 13.1 Å². The molecular formula is C22H24N4. The van der Waals surface area contributed by atoms with E-state index in [1.54, 1.807) is 6.07 Å². The maximum Gasteiger partial charge on any atom is 0.219 e. The fourth-order valence-corrected chi connectivity index (χ4v) is 3.98. The predicted octanol–water partition coefficient (Wildman–Crippen LogP) is 6.26. The zero-order valence-corrected chi connectivity index (χ0v) is 16.5. The summed E-state index contributed by atoms with van der Waals surface area (Å²) in [4.78, 5) is 11.8. The Morgan fingerprint density at radius 2 is 1.35 bits per heavy atom. The van der Waals surface area contributed by atoms with Gasteiger partial charge in [-0.25, -0.2) is 4.85 Å². The Morgan fingerprint density at radius 3 is 1.85 bits per heavy atom. The van der Waals surface area contributed by atoms with E-state index in [4.69, 9.17) is 13.1 Å². The lowest BCUT2D eigenvalue weighted by Gasteiger charge is -2.33. The van der Waals surface area contributed by atoms with Crippen molar-refractivity contribution in [1.29, 1.82) is 0 Å². The summed E-state index contributed by atoms with van der Waals surface area (Å²) in [5.74, 6) is 0. The lowest BCUT2D eigenvalue weighted by atomic mass is 9.92. The van der Waals surface area contributed by atoms with Gasteiger partial charge in [0.25, 0.3) is 0 Å². The molecule has 1 heterocycles. The molecule has 1 atom stereocenters. The van der Waals surface area contributed by atoms with Crippen LogP contribution in [0.1, 0.15) is 34.7 Å². The van der Waals surface area contributed by atoms with Crippen molar-refractivity contribution >= 4 is 28.4 Å². The van der Waals surface area contributed by atoms with Crippen molar-refractivity contribution in [3.05, 3.63) is 62.8 Å². The first-order valence-corrected chi connectivity index (χ1v) is 8.77. The van der Waals surface area contributed by atoms with Crippen LogP contribution in [0.25, 0.3) is 9.69 Å². The number of nitrogens with zero attached hydrogens (tertiary/aromatic N) is 4. The van der Waals surface area contributed by atoms with Gasteiger partial charge in [0.15, 0.2) is 5.69 Å². The van der Waals surface area contributed by atoms with Crippen LogP contribution in [-0.2, 0) is 0 Å². The Bertz CT molecular complexity index is 976. The van der Waals surface area contributed by atoms with E-state index < -0.39 is 0 Å². The van der Waals surface area contributed by atoms with Crippen molar-refractivity contribution in [2.75, 3.05) is 16.8 Å². The van der Waals surface area contributed by atoms with Gasteiger partial charge in [0, 0.05) is 18.4 Å². The number of benzene rings is 2. The molecule has 0 N–H and O–H groups in total. The van der Waals surface area contributed by atoms with Crippen LogP contribution in [0.5, 0.6) is 0 Å². The normalized spacial score (nSPS) is 15.7. The minimum absolute atomic E-state index is 0.0744. The monoisotopic (exact) mass is 344 g/mol. The third-order valence-corrected chi connectivity index (χ3v) is 6.10. The molecule has 3 rings (SSSR count). The molecule has 0 aliphatic carbocycles. The van der Waals surface area contributed by atoms with Crippen LogP contribution in [0.4, 0.5) is 28.4 Å². The molecule has 2 aromatic rings. The number of hydrogen-bond donors (Lipinski definition) is 0. The summed E-state index contributed by atoms with van der Waals surface area (Å²) in [6.45, 7) is 28.1. The van der Waals surface area contributed by atoms with Gasteiger partial charge in [-0.1, -0.05) is 6.07 Å². The maximum absolute atomic E-state index is 7.70. The third kappa shape index (κ3) is 2.19. The summed E-state index contributed by atoms with van der Waals surface area (Å²) in [6.07, 6.45) is 0.0744. The Kier molecular flexibility index (Phi) is 4.17. The van der Waals surface area contributed by atoms with Gasteiger partial charge < -0.3 is 9.80 Å². The molecule has 0 aromatic heterocycles. The molecule has 0 saturated carbocycles. The van der Waals surface area contributed by atoms with Gasteiger partial charge in [0.1, 0.15) is 6.17 Å². The summed E-state index contributed by atoms with van der Waals surface area (Å²) in [5, 5.41) is 0. The fourth-order valence-electron chi connectivity index (χ4n) is 3.98. The highest BCUT2D eigenvalue weighted by molar-refractivity contribution is 5.99. The van der Waals surface area contributed by atoms with Crippen molar-refractivity contribution < 1.29 is 0 Å². The molecule has 4 heteroatoms. The standard InChI is InChI=1S/C22H24N4/c1-12-13(2)15(4)21(16(5)14(12)3)26-17(6)25(9)19-11-10-18(23-7)20(24-8)22(19)26/h10-11,17H,1-6,9H3/t17-/m0/s1. The second kappa shape index (κ2) is 6.07. The second-order valence-corrected chi connectivity index (χ2v) is 7.11. The lowest BCUT2D eigenvalue weighted by molar-refractivity contribution is 0.730. The number of rotatable bonds is 1. The number of hydrogen-bond acceptors (Lipinski definition) is 2. The smallest absolute Gasteiger partial charge is 0.219 e. The van der Waals surface area contributed by atoms with E-state index >= 15 is 0 Å². The Hall–Kier alpha value is -2.98. The minimum Gasteiger partial charge on any atom is -0.354 e. The molecule has 0 fully saturated rings. The zero-order chi connectivity index (χ0) is 19.3. The fraction of sp³-hybridized carbons (Fsp3) is 0.364. The first-order chi connectivity index (χ1) is 12.3. The van der Waals surface area contributed by atoms with Gasteiger partial charge in [-0.05, 0) is 75.4 Å². The van der Waals surface area contributed by atoms with E-state index in [1.165, 1.54) is 27.8 Å². The average Bonchev–Trinajstić information content (AvgIpc) is 2.89. The van der Waals surface area contributed by atoms with E-state index in [0.717, 1.165) is 17.1 Å². The molecule has 26 heavy (non-hydrogen) atoms. The number of anilines is 3. The molecule has 1 aliphatic rings. The highest BCUT2D eigenvalue weighted by Crippen LogP contribution is 2.54.